The highest BCUT2D eigenvalue weighted by Crippen LogP contribution is 2.16. The zero-order chi connectivity index (χ0) is 18.4. The summed E-state index contributed by atoms with van der Waals surface area (Å²) in [5, 5.41) is 2.07. The van der Waals surface area contributed by atoms with Gasteiger partial charge in [-0.25, -0.2) is 0 Å². The minimum absolute atomic E-state index is 0.00584. The maximum absolute atomic E-state index is 12.6. The fourth-order valence-electron chi connectivity index (χ4n) is 3.12. The first-order valence-electron chi connectivity index (χ1n) is 8.91. The second kappa shape index (κ2) is 8.85. The summed E-state index contributed by atoms with van der Waals surface area (Å²) in [4.78, 5) is 30.0. The van der Waals surface area contributed by atoms with E-state index in [1.165, 1.54) is 4.88 Å². The van der Waals surface area contributed by atoms with E-state index in [4.69, 9.17) is 4.74 Å². The number of amides is 2. The van der Waals surface area contributed by atoms with Gasteiger partial charge in [0.1, 0.15) is 5.75 Å². The zero-order valence-electron chi connectivity index (χ0n) is 15.0. The van der Waals surface area contributed by atoms with Gasteiger partial charge in [-0.2, -0.15) is 0 Å². The first-order valence-corrected chi connectivity index (χ1v) is 9.79. The molecule has 0 atom stereocenters. The second-order valence-electron chi connectivity index (χ2n) is 6.34. The molecular weight excluding hydrogens is 348 g/mol. The Bertz CT molecular complexity index is 737. The van der Waals surface area contributed by atoms with Crippen molar-refractivity contribution in [3.8, 4) is 5.75 Å². The molecule has 1 aliphatic rings. The lowest BCUT2D eigenvalue weighted by Gasteiger charge is -2.35. The molecule has 2 heterocycles. The Labute approximate surface area is 158 Å². The Kier molecular flexibility index (Phi) is 6.28. The van der Waals surface area contributed by atoms with Crippen LogP contribution in [0.2, 0.25) is 0 Å². The molecule has 0 N–H and O–H groups in total. The summed E-state index contributed by atoms with van der Waals surface area (Å²) in [6, 6.07) is 11.3. The van der Waals surface area contributed by atoms with Gasteiger partial charge in [0, 0.05) is 43.0 Å². The summed E-state index contributed by atoms with van der Waals surface area (Å²) >= 11 is 1.74. The molecule has 0 unspecified atom stereocenters. The van der Waals surface area contributed by atoms with Crippen LogP contribution in [0.1, 0.15) is 28.1 Å². The molecule has 2 amide bonds. The Hall–Kier alpha value is -2.34. The van der Waals surface area contributed by atoms with Gasteiger partial charge in [0.15, 0.2) is 0 Å². The largest absolute Gasteiger partial charge is 0.497 e. The van der Waals surface area contributed by atoms with Crippen LogP contribution in [0.5, 0.6) is 5.75 Å². The second-order valence-corrected chi connectivity index (χ2v) is 7.37. The summed E-state index contributed by atoms with van der Waals surface area (Å²) < 4.78 is 5.18. The van der Waals surface area contributed by atoms with Crippen molar-refractivity contribution in [2.24, 2.45) is 0 Å². The number of carbonyl (C=O) groups excluding carboxylic acids is 2. The Balaban J connectivity index is 1.45. The number of benzene rings is 1. The van der Waals surface area contributed by atoms with Crippen LogP contribution < -0.4 is 4.74 Å². The number of methoxy groups -OCH3 is 1. The van der Waals surface area contributed by atoms with Crippen LogP contribution >= 0.6 is 11.3 Å². The first kappa shape index (κ1) is 18.5. The summed E-state index contributed by atoms with van der Waals surface area (Å²) in [6.07, 6.45) is 2.40. The molecule has 0 spiro atoms. The molecule has 26 heavy (non-hydrogen) atoms. The third-order valence-electron chi connectivity index (χ3n) is 4.63. The van der Waals surface area contributed by atoms with Crippen molar-refractivity contribution in [1.29, 1.82) is 0 Å². The Morgan fingerprint density at radius 3 is 2.54 bits per heavy atom. The molecule has 1 fully saturated rings. The molecule has 6 heteroatoms. The third-order valence-corrected chi connectivity index (χ3v) is 5.57. The molecule has 0 saturated carbocycles. The maximum Gasteiger partial charge on any atom is 0.254 e. The summed E-state index contributed by atoms with van der Waals surface area (Å²) in [6.45, 7) is 2.36. The number of rotatable bonds is 6. The smallest absolute Gasteiger partial charge is 0.254 e. The van der Waals surface area contributed by atoms with Crippen molar-refractivity contribution in [2.45, 2.75) is 19.3 Å². The number of aryl methyl sites for hydroxylation is 1. The molecule has 1 aromatic heterocycles. The normalized spacial score (nSPS) is 14.3. The van der Waals surface area contributed by atoms with Gasteiger partial charge < -0.3 is 14.5 Å². The van der Waals surface area contributed by atoms with Crippen LogP contribution in [0.4, 0.5) is 0 Å². The number of hydrogen-bond donors (Lipinski definition) is 0. The minimum Gasteiger partial charge on any atom is -0.497 e. The standard InChI is InChI=1S/C20H24N2O3S/c1-25-17-6-2-5-16(15-17)20(24)22-12-10-21(11-13-22)19(23)9-3-7-18-8-4-14-26-18/h2,4-6,8,14-15H,3,7,9-13H2,1H3. The van der Waals surface area contributed by atoms with Gasteiger partial charge in [0.05, 0.1) is 7.11 Å². The number of ether oxygens (including phenoxy) is 1. The van der Waals surface area contributed by atoms with Crippen LogP contribution in [-0.2, 0) is 11.2 Å². The predicted octanol–water partition coefficient (Wildman–Crippen LogP) is 3.06. The topological polar surface area (TPSA) is 49.9 Å². The highest BCUT2D eigenvalue weighted by molar-refractivity contribution is 7.09. The van der Waals surface area contributed by atoms with Crippen molar-refractivity contribution in [2.75, 3.05) is 33.3 Å². The van der Waals surface area contributed by atoms with Gasteiger partial charge in [-0.05, 0) is 42.5 Å². The molecule has 0 aliphatic carbocycles. The number of hydrogen-bond acceptors (Lipinski definition) is 4. The van der Waals surface area contributed by atoms with Gasteiger partial charge in [-0.15, -0.1) is 11.3 Å². The quantitative estimate of drug-likeness (QED) is 0.783. The van der Waals surface area contributed by atoms with Crippen LogP contribution in [0.15, 0.2) is 41.8 Å². The number of piperazine rings is 1. The Morgan fingerprint density at radius 1 is 1.08 bits per heavy atom. The Morgan fingerprint density at radius 2 is 1.85 bits per heavy atom. The van der Waals surface area contributed by atoms with Crippen LogP contribution in [-0.4, -0.2) is 54.9 Å². The van der Waals surface area contributed by atoms with Crippen molar-refractivity contribution >= 4 is 23.2 Å². The molecule has 138 valence electrons. The third kappa shape index (κ3) is 4.64. The highest BCUT2D eigenvalue weighted by Gasteiger charge is 2.24. The molecule has 1 aromatic carbocycles. The van der Waals surface area contributed by atoms with E-state index in [-0.39, 0.29) is 11.8 Å². The fourth-order valence-corrected chi connectivity index (χ4v) is 3.88. The van der Waals surface area contributed by atoms with Gasteiger partial charge in [0.25, 0.3) is 5.91 Å². The molecule has 0 bridgehead atoms. The van der Waals surface area contributed by atoms with Gasteiger partial charge in [-0.1, -0.05) is 12.1 Å². The number of nitrogens with zero attached hydrogens (tertiary/aromatic N) is 2. The van der Waals surface area contributed by atoms with Crippen LogP contribution in [0.3, 0.4) is 0 Å². The molecule has 2 aromatic rings. The summed E-state index contributed by atoms with van der Waals surface area (Å²) in [7, 11) is 1.59. The lowest BCUT2D eigenvalue weighted by Crippen LogP contribution is -2.50. The summed E-state index contributed by atoms with van der Waals surface area (Å²) in [5.74, 6) is 0.860. The van der Waals surface area contributed by atoms with E-state index in [1.54, 1.807) is 30.6 Å². The van der Waals surface area contributed by atoms with Crippen molar-refractivity contribution < 1.29 is 14.3 Å². The lowest BCUT2D eigenvalue weighted by atomic mass is 10.1. The van der Waals surface area contributed by atoms with Crippen LogP contribution in [0, 0.1) is 0 Å². The van der Waals surface area contributed by atoms with E-state index in [1.807, 2.05) is 28.0 Å². The fraction of sp³-hybridized carbons (Fsp3) is 0.400. The van der Waals surface area contributed by atoms with E-state index in [2.05, 4.69) is 11.4 Å². The average molecular weight is 372 g/mol. The summed E-state index contributed by atoms with van der Waals surface area (Å²) in [5.41, 5.74) is 0.625. The molecular formula is C20H24N2O3S. The van der Waals surface area contributed by atoms with E-state index in [9.17, 15) is 9.59 Å². The molecule has 1 aliphatic heterocycles. The molecule has 3 rings (SSSR count). The van der Waals surface area contributed by atoms with Gasteiger partial charge in [-0.3, -0.25) is 9.59 Å². The van der Waals surface area contributed by atoms with E-state index < -0.39 is 0 Å². The van der Waals surface area contributed by atoms with E-state index in [0.29, 0.717) is 43.9 Å². The van der Waals surface area contributed by atoms with E-state index in [0.717, 1.165) is 12.8 Å². The predicted molar refractivity (Wildman–Crippen MR) is 103 cm³/mol. The maximum atomic E-state index is 12.6. The van der Waals surface area contributed by atoms with E-state index >= 15 is 0 Å². The number of thiophene rings is 1. The van der Waals surface area contributed by atoms with Crippen molar-refractivity contribution in [3.63, 3.8) is 0 Å². The highest BCUT2D eigenvalue weighted by atomic mass is 32.1. The monoisotopic (exact) mass is 372 g/mol. The molecule has 1 saturated heterocycles. The first-order chi connectivity index (χ1) is 12.7. The molecule has 0 radical (unpaired) electrons. The minimum atomic E-state index is -0.00584. The molecule has 5 nitrogen and oxygen atoms in total. The SMILES string of the molecule is COc1cccc(C(=O)N2CCN(C(=O)CCCc3cccs3)CC2)c1. The van der Waals surface area contributed by atoms with Crippen LogP contribution in [0.25, 0.3) is 0 Å². The van der Waals surface area contributed by atoms with Gasteiger partial charge >= 0.3 is 0 Å². The zero-order valence-corrected chi connectivity index (χ0v) is 15.8. The van der Waals surface area contributed by atoms with Crippen molar-refractivity contribution in [3.05, 3.63) is 52.2 Å². The average Bonchev–Trinajstić information content (AvgIpc) is 3.21. The lowest BCUT2D eigenvalue weighted by molar-refractivity contribution is -0.132. The van der Waals surface area contributed by atoms with Crippen molar-refractivity contribution in [1.82, 2.24) is 9.80 Å². The number of carbonyl (C=O) groups is 2. The van der Waals surface area contributed by atoms with Gasteiger partial charge in [0.2, 0.25) is 5.91 Å².